The molecule has 0 aliphatic heterocycles. The zero-order valence-corrected chi connectivity index (χ0v) is 18.5. The van der Waals surface area contributed by atoms with Crippen LogP contribution < -0.4 is 10.3 Å². The third-order valence-electron chi connectivity index (χ3n) is 5.74. The van der Waals surface area contributed by atoms with Gasteiger partial charge in [0.1, 0.15) is 29.1 Å². The van der Waals surface area contributed by atoms with Crippen LogP contribution in [-0.2, 0) is 19.4 Å². The van der Waals surface area contributed by atoms with E-state index in [1.54, 1.807) is 59.9 Å². The quantitative estimate of drug-likeness (QED) is 0.393. The minimum Gasteiger partial charge on any atom is -0.489 e. The molecule has 1 N–H and O–H groups in total. The van der Waals surface area contributed by atoms with Crippen molar-refractivity contribution in [2.75, 3.05) is 0 Å². The molecule has 0 atom stereocenters. The predicted molar refractivity (Wildman–Crippen MR) is 128 cm³/mol. The molecule has 0 unspecified atom stereocenters. The molecule has 0 saturated carbocycles. The zero-order chi connectivity index (χ0) is 22.8. The van der Waals surface area contributed by atoms with Crippen molar-refractivity contribution in [3.8, 4) is 11.8 Å². The number of halogens is 1. The van der Waals surface area contributed by atoms with Crippen LogP contribution in [0.5, 0.6) is 5.75 Å². The number of hydrogen-bond donors (Lipinski definition) is 1. The zero-order valence-electron chi connectivity index (χ0n) is 17.7. The maximum atomic E-state index is 13.7. The number of hydrogen-bond acceptors (Lipinski definition) is 5. The second kappa shape index (κ2) is 9.00. The van der Waals surface area contributed by atoms with Gasteiger partial charge in [0, 0.05) is 10.4 Å². The van der Waals surface area contributed by atoms with Crippen LogP contribution in [0.1, 0.15) is 40.2 Å². The number of thiophene rings is 1. The molecule has 0 bridgehead atoms. The van der Waals surface area contributed by atoms with Gasteiger partial charge in [0.2, 0.25) is 0 Å². The van der Waals surface area contributed by atoms with Gasteiger partial charge in [-0.05, 0) is 61.1 Å². The molecule has 7 heteroatoms. The number of ether oxygens (including phenoxy) is 1. The molecule has 1 aliphatic rings. The fraction of sp³-hybridized carbons (Fsp3) is 0.192. The Morgan fingerprint density at radius 3 is 2.76 bits per heavy atom. The lowest BCUT2D eigenvalue weighted by Gasteiger charge is -2.09. The third kappa shape index (κ3) is 4.30. The summed E-state index contributed by atoms with van der Waals surface area (Å²) in [5.74, 6) is 0.556. The van der Waals surface area contributed by atoms with E-state index in [0.717, 1.165) is 36.8 Å². The second-order valence-corrected chi connectivity index (χ2v) is 9.01. The van der Waals surface area contributed by atoms with E-state index in [1.165, 1.54) is 10.9 Å². The van der Waals surface area contributed by atoms with Gasteiger partial charge in [0.15, 0.2) is 5.82 Å². The van der Waals surface area contributed by atoms with Crippen LogP contribution in [0.3, 0.4) is 0 Å². The van der Waals surface area contributed by atoms with Crippen molar-refractivity contribution in [2.45, 2.75) is 32.3 Å². The van der Waals surface area contributed by atoms with E-state index in [0.29, 0.717) is 21.5 Å². The first-order chi connectivity index (χ1) is 16.1. The Balaban J connectivity index is 1.39. The highest BCUT2D eigenvalue weighted by atomic mass is 32.1. The molecule has 164 valence electrons. The van der Waals surface area contributed by atoms with Crippen LogP contribution in [0.4, 0.5) is 4.39 Å². The van der Waals surface area contributed by atoms with Crippen molar-refractivity contribution in [3.05, 3.63) is 92.1 Å². The lowest BCUT2D eigenvalue weighted by atomic mass is 9.97. The summed E-state index contributed by atoms with van der Waals surface area (Å²) in [6, 6.07) is 15.7. The Morgan fingerprint density at radius 2 is 1.97 bits per heavy atom. The van der Waals surface area contributed by atoms with E-state index in [2.05, 4.69) is 16.0 Å². The van der Waals surface area contributed by atoms with Crippen molar-refractivity contribution in [3.63, 3.8) is 0 Å². The molecule has 0 amide bonds. The fourth-order valence-corrected chi connectivity index (χ4v) is 5.31. The smallest absolute Gasteiger partial charge is 0.260 e. The standard InChI is InChI=1S/C26H20FN3O2S/c27-21-7-3-1-5-17(21)15-32-19-11-9-16(10-12-19)13-18(14-28)24-29-25(31)23-20-6-2-4-8-22(20)33-26(23)30-24/h1,3,5,7,9-13H,2,4,6,8,15H2,(H,29,30,31)/b18-13+. The molecule has 2 heterocycles. The lowest BCUT2D eigenvalue weighted by molar-refractivity contribution is 0.300. The van der Waals surface area contributed by atoms with Gasteiger partial charge in [-0.2, -0.15) is 5.26 Å². The Morgan fingerprint density at radius 1 is 1.18 bits per heavy atom. The number of nitrogens with zero attached hydrogens (tertiary/aromatic N) is 2. The molecular weight excluding hydrogens is 437 g/mol. The second-order valence-electron chi connectivity index (χ2n) is 7.92. The highest BCUT2D eigenvalue weighted by molar-refractivity contribution is 7.18. The molecule has 0 fully saturated rings. The fourth-order valence-electron chi connectivity index (χ4n) is 4.05. The number of aromatic nitrogens is 2. The van der Waals surface area contributed by atoms with Gasteiger partial charge in [0.25, 0.3) is 5.56 Å². The molecule has 0 spiro atoms. The number of aryl methyl sites for hydroxylation is 2. The predicted octanol–water partition coefficient (Wildman–Crippen LogP) is 5.65. The Labute approximate surface area is 193 Å². The van der Waals surface area contributed by atoms with Crippen LogP contribution in [0.15, 0.2) is 53.3 Å². The highest BCUT2D eigenvalue weighted by Gasteiger charge is 2.20. The van der Waals surface area contributed by atoms with Crippen molar-refractivity contribution in [1.29, 1.82) is 5.26 Å². The summed E-state index contributed by atoms with van der Waals surface area (Å²) in [6.45, 7) is 0.126. The molecule has 0 saturated heterocycles. The molecule has 0 radical (unpaired) electrons. The van der Waals surface area contributed by atoms with E-state index >= 15 is 0 Å². The number of allylic oxidation sites excluding steroid dienone is 1. The van der Waals surface area contributed by atoms with Crippen LogP contribution in [0, 0.1) is 17.1 Å². The topological polar surface area (TPSA) is 78.8 Å². The minimum atomic E-state index is -0.305. The first kappa shape index (κ1) is 21.1. The number of nitrogens with one attached hydrogen (secondary N) is 1. The third-order valence-corrected chi connectivity index (χ3v) is 6.93. The van der Waals surface area contributed by atoms with E-state index in [9.17, 15) is 14.4 Å². The SMILES string of the molecule is N#C/C(=C\c1ccc(OCc2ccccc2F)cc1)c1nc2sc3c(c2c(=O)[nH]1)CCCC3. The maximum Gasteiger partial charge on any atom is 0.260 e. The summed E-state index contributed by atoms with van der Waals surface area (Å²) in [5.41, 5.74) is 2.45. The van der Waals surface area contributed by atoms with Crippen LogP contribution in [0.25, 0.3) is 21.9 Å². The lowest BCUT2D eigenvalue weighted by Crippen LogP contribution is -2.12. The molecular formula is C26H20FN3O2S. The van der Waals surface area contributed by atoms with Gasteiger partial charge < -0.3 is 9.72 Å². The summed E-state index contributed by atoms with van der Waals surface area (Å²) in [4.78, 5) is 22.1. The number of fused-ring (bicyclic) bond motifs is 3. The number of H-pyrrole nitrogens is 1. The van der Waals surface area contributed by atoms with E-state index in [4.69, 9.17) is 4.74 Å². The van der Waals surface area contributed by atoms with E-state index in [-0.39, 0.29) is 29.4 Å². The molecule has 4 aromatic rings. The van der Waals surface area contributed by atoms with Gasteiger partial charge in [-0.1, -0.05) is 30.3 Å². The summed E-state index contributed by atoms with van der Waals surface area (Å²) in [6.07, 6.45) is 5.79. The van der Waals surface area contributed by atoms with Gasteiger partial charge >= 0.3 is 0 Å². The highest BCUT2D eigenvalue weighted by Crippen LogP contribution is 2.34. The van der Waals surface area contributed by atoms with Gasteiger partial charge in [0.05, 0.1) is 11.0 Å². The van der Waals surface area contributed by atoms with Crippen molar-refractivity contribution in [1.82, 2.24) is 9.97 Å². The first-order valence-electron chi connectivity index (χ1n) is 10.8. The minimum absolute atomic E-state index is 0.126. The average Bonchev–Trinajstić information content (AvgIpc) is 3.22. The molecule has 5 nitrogen and oxygen atoms in total. The molecule has 5 rings (SSSR count). The number of nitriles is 1. The Bertz CT molecular complexity index is 1460. The Kier molecular flexibility index (Phi) is 5.76. The average molecular weight is 458 g/mol. The molecule has 1 aliphatic carbocycles. The summed E-state index contributed by atoms with van der Waals surface area (Å²) < 4.78 is 19.4. The van der Waals surface area contributed by atoms with Gasteiger partial charge in [-0.25, -0.2) is 9.37 Å². The monoisotopic (exact) mass is 457 g/mol. The van der Waals surface area contributed by atoms with Crippen LogP contribution in [0.2, 0.25) is 0 Å². The van der Waals surface area contributed by atoms with E-state index in [1.807, 2.05) is 0 Å². The number of benzene rings is 2. The van der Waals surface area contributed by atoms with Crippen molar-refractivity contribution in [2.24, 2.45) is 0 Å². The van der Waals surface area contributed by atoms with E-state index < -0.39 is 0 Å². The Hall–Kier alpha value is -3.76. The number of aromatic amines is 1. The van der Waals surface area contributed by atoms with Crippen LogP contribution >= 0.6 is 11.3 Å². The van der Waals surface area contributed by atoms with Crippen molar-refractivity contribution >= 4 is 33.2 Å². The van der Waals surface area contributed by atoms with Gasteiger partial charge in [-0.15, -0.1) is 11.3 Å². The molecule has 33 heavy (non-hydrogen) atoms. The first-order valence-corrected chi connectivity index (χ1v) is 11.6. The summed E-state index contributed by atoms with van der Waals surface area (Å²) >= 11 is 1.56. The normalized spacial score (nSPS) is 13.5. The van der Waals surface area contributed by atoms with Gasteiger partial charge in [-0.3, -0.25) is 4.79 Å². The molecule has 2 aromatic carbocycles. The summed E-state index contributed by atoms with van der Waals surface area (Å²) in [7, 11) is 0. The van der Waals surface area contributed by atoms with Crippen molar-refractivity contribution < 1.29 is 9.13 Å². The maximum absolute atomic E-state index is 13.7. The summed E-state index contributed by atoms with van der Waals surface area (Å²) in [5, 5.41) is 10.4. The van der Waals surface area contributed by atoms with Crippen LogP contribution in [-0.4, -0.2) is 9.97 Å². The molecule has 2 aromatic heterocycles. The number of rotatable bonds is 5. The largest absolute Gasteiger partial charge is 0.489 e.